The summed E-state index contributed by atoms with van der Waals surface area (Å²) in [5.41, 5.74) is -0.448. The highest BCUT2D eigenvalue weighted by Crippen LogP contribution is 2.20. The lowest BCUT2D eigenvalue weighted by atomic mass is 9.96. The van der Waals surface area contributed by atoms with Crippen molar-refractivity contribution in [1.82, 2.24) is 5.32 Å². The summed E-state index contributed by atoms with van der Waals surface area (Å²) in [5, 5.41) is 5.40. The molecule has 0 aliphatic carbocycles. The summed E-state index contributed by atoms with van der Waals surface area (Å²) in [6.07, 6.45) is 3.16. The Labute approximate surface area is 131 Å². The van der Waals surface area contributed by atoms with Gasteiger partial charge < -0.3 is 10.6 Å². The van der Waals surface area contributed by atoms with Gasteiger partial charge in [0.2, 0.25) is 12.3 Å². The van der Waals surface area contributed by atoms with E-state index in [-0.39, 0.29) is 11.8 Å². The average molecular weight is 308 g/mol. The van der Waals surface area contributed by atoms with Crippen molar-refractivity contribution >= 4 is 18.0 Å². The molecule has 22 heavy (non-hydrogen) atoms. The van der Waals surface area contributed by atoms with Gasteiger partial charge in [0.1, 0.15) is 5.67 Å². The normalized spacial score (nSPS) is 12.5. The molecule has 1 aromatic rings. The third-order valence-corrected chi connectivity index (χ3v) is 3.43. The maximum absolute atomic E-state index is 13.4. The molecule has 1 aromatic carbocycles. The van der Waals surface area contributed by atoms with Crippen molar-refractivity contribution in [1.29, 1.82) is 0 Å². The third kappa shape index (κ3) is 7.76. The maximum atomic E-state index is 13.4. The van der Waals surface area contributed by atoms with Crippen LogP contribution in [-0.4, -0.2) is 24.5 Å². The zero-order valence-electron chi connectivity index (χ0n) is 13.3. The van der Waals surface area contributed by atoms with Crippen molar-refractivity contribution in [2.75, 3.05) is 11.9 Å². The second-order valence-corrected chi connectivity index (χ2v) is 6.04. The molecule has 0 aliphatic heterocycles. The Morgan fingerprint density at radius 3 is 2.55 bits per heavy atom. The molecule has 0 spiro atoms. The van der Waals surface area contributed by atoms with Crippen LogP contribution in [0.4, 0.5) is 10.1 Å². The number of unbranched alkanes of at least 4 members (excludes halogenated alkanes) is 1. The van der Waals surface area contributed by atoms with Crippen molar-refractivity contribution in [3.05, 3.63) is 30.3 Å². The molecule has 2 amide bonds. The smallest absolute Gasteiger partial charge is 0.229 e. The molecule has 0 aromatic heterocycles. The molecule has 1 unspecified atom stereocenters. The number of alkyl halides is 1. The molecular formula is C17H25FN2O2. The summed E-state index contributed by atoms with van der Waals surface area (Å²) < 4.78 is 13.4. The lowest BCUT2D eigenvalue weighted by Crippen LogP contribution is -2.32. The molecule has 0 bridgehead atoms. The maximum Gasteiger partial charge on any atom is 0.229 e. The van der Waals surface area contributed by atoms with E-state index in [0.29, 0.717) is 25.8 Å². The Bertz CT molecular complexity index is 457. The molecule has 122 valence electrons. The number of hydrogen-bond acceptors (Lipinski definition) is 2. The van der Waals surface area contributed by atoms with Crippen molar-refractivity contribution in [3.8, 4) is 0 Å². The van der Waals surface area contributed by atoms with Crippen LogP contribution in [0.2, 0.25) is 0 Å². The van der Waals surface area contributed by atoms with Gasteiger partial charge in [-0.15, -0.1) is 0 Å². The highest BCUT2D eigenvalue weighted by atomic mass is 19.1. The first-order valence-corrected chi connectivity index (χ1v) is 7.64. The Balaban J connectivity index is 2.48. The fourth-order valence-corrected chi connectivity index (χ4v) is 2.22. The lowest BCUT2D eigenvalue weighted by molar-refractivity contribution is -0.120. The summed E-state index contributed by atoms with van der Waals surface area (Å²) in [6.45, 7) is 3.41. The standard InChI is InChI=1S/C17H25FN2O2/c1-17(2,18)11-7-6-8-14(12-19-13-21)16(22)20-15-9-4-3-5-10-15/h3-5,9-10,13-14H,6-8,11-12H2,1-2H3,(H,19,21)(H,20,22). The Morgan fingerprint density at radius 2 is 1.95 bits per heavy atom. The highest BCUT2D eigenvalue weighted by Gasteiger charge is 2.19. The summed E-state index contributed by atoms with van der Waals surface area (Å²) in [6, 6.07) is 9.19. The van der Waals surface area contributed by atoms with Crippen LogP contribution in [0.25, 0.3) is 0 Å². The summed E-state index contributed by atoms with van der Waals surface area (Å²) in [5.74, 6) is -0.437. The predicted molar refractivity (Wildman–Crippen MR) is 86.3 cm³/mol. The Hall–Kier alpha value is -1.91. The number of nitrogens with one attached hydrogen (secondary N) is 2. The minimum absolute atomic E-state index is 0.125. The van der Waals surface area contributed by atoms with Crippen molar-refractivity contribution < 1.29 is 14.0 Å². The minimum atomic E-state index is -1.18. The first-order chi connectivity index (χ1) is 10.4. The second-order valence-electron chi connectivity index (χ2n) is 6.04. The first-order valence-electron chi connectivity index (χ1n) is 7.64. The zero-order valence-corrected chi connectivity index (χ0v) is 13.3. The number of para-hydroxylation sites is 1. The summed E-state index contributed by atoms with van der Waals surface area (Å²) >= 11 is 0. The number of anilines is 1. The number of rotatable bonds is 10. The summed E-state index contributed by atoms with van der Waals surface area (Å²) in [4.78, 5) is 22.7. The van der Waals surface area contributed by atoms with Gasteiger partial charge in [-0.1, -0.05) is 31.0 Å². The average Bonchev–Trinajstić information content (AvgIpc) is 2.46. The number of benzene rings is 1. The van der Waals surface area contributed by atoms with Gasteiger partial charge in [0.05, 0.1) is 5.92 Å². The predicted octanol–water partition coefficient (Wildman–Crippen LogP) is 3.30. The molecule has 5 heteroatoms. The molecule has 0 radical (unpaired) electrons. The van der Waals surface area contributed by atoms with Crippen LogP contribution in [-0.2, 0) is 9.59 Å². The number of carbonyl (C=O) groups excluding carboxylic acids is 2. The second kappa shape index (κ2) is 9.18. The molecular weight excluding hydrogens is 283 g/mol. The number of halogens is 1. The third-order valence-electron chi connectivity index (χ3n) is 3.43. The van der Waals surface area contributed by atoms with Gasteiger partial charge in [0, 0.05) is 12.2 Å². The van der Waals surface area contributed by atoms with Crippen molar-refractivity contribution in [3.63, 3.8) is 0 Å². The fraction of sp³-hybridized carbons (Fsp3) is 0.529. The number of hydrogen-bond donors (Lipinski definition) is 2. The highest BCUT2D eigenvalue weighted by molar-refractivity contribution is 5.92. The largest absolute Gasteiger partial charge is 0.358 e. The van der Waals surface area contributed by atoms with Crippen molar-refractivity contribution in [2.24, 2.45) is 5.92 Å². The molecule has 0 saturated heterocycles. The van der Waals surface area contributed by atoms with Gasteiger partial charge in [-0.3, -0.25) is 9.59 Å². The van der Waals surface area contributed by atoms with E-state index < -0.39 is 5.67 Å². The van der Waals surface area contributed by atoms with E-state index in [2.05, 4.69) is 10.6 Å². The van der Waals surface area contributed by atoms with E-state index in [4.69, 9.17) is 0 Å². The topological polar surface area (TPSA) is 58.2 Å². The van der Waals surface area contributed by atoms with Crippen LogP contribution in [0, 0.1) is 5.92 Å². The van der Waals surface area contributed by atoms with Crippen LogP contribution in [0.15, 0.2) is 30.3 Å². The molecule has 4 nitrogen and oxygen atoms in total. The van der Waals surface area contributed by atoms with Crippen LogP contribution < -0.4 is 10.6 Å². The molecule has 0 saturated carbocycles. The lowest BCUT2D eigenvalue weighted by Gasteiger charge is -2.18. The summed E-state index contributed by atoms with van der Waals surface area (Å²) in [7, 11) is 0. The van der Waals surface area contributed by atoms with Crippen molar-refractivity contribution in [2.45, 2.75) is 45.2 Å². The SMILES string of the molecule is CC(C)(F)CCCCC(CNC=O)C(=O)Nc1ccccc1. The van der Waals surface area contributed by atoms with E-state index in [1.807, 2.05) is 30.3 Å². The van der Waals surface area contributed by atoms with Crippen LogP contribution in [0.1, 0.15) is 39.5 Å². The quantitative estimate of drug-likeness (QED) is 0.515. The van der Waals surface area contributed by atoms with E-state index >= 15 is 0 Å². The Kier molecular flexibility index (Phi) is 7.57. The van der Waals surface area contributed by atoms with E-state index in [9.17, 15) is 14.0 Å². The fourth-order valence-electron chi connectivity index (χ4n) is 2.22. The molecule has 1 rings (SSSR count). The molecule has 0 fully saturated rings. The minimum Gasteiger partial charge on any atom is -0.358 e. The number of amides is 2. The van der Waals surface area contributed by atoms with Gasteiger partial charge in [0.25, 0.3) is 0 Å². The first kappa shape index (κ1) is 18.1. The van der Waals surface area contributed by atoms with Crippen LogP contribution in [0.5, 0.6) is 0 Å². The van der Waals surface area contributed by atoms with Crippen LogP contribution in [0.3, 0.4) is 0 Å². The van der Waals surface area contributed by atoms with E-state index in [0.717, 1.165) is 18.5 Å². The van der Waals surface area contributed by atoms with Gasteiger partial charge in [-0.05, 0) is 38.8 Å². The van der Waals surface area contributed by atoms with Gasteiger partial charge in [0.15, 0.2) is 0 Å². The molecule has 0 heterocycles. The van der Waals surface area contributed by atoms with Crippen LogP contribution >= 0.6 is 0 Å². The van der Waals surface area contributed by atoms with Gasteiger partial charge >= 0.3 is 0 Å². The number of carbonyl (C=O) groups is 2. The molecule has 2 N–H and O–H groups in total. The van der Waals surface area contributed by atoms with Gasteiger partial charge in [-0.2, -0.15) is 0 Å². The van der Waals surface area contributed by atoms with Gasteiger partial charge in [-0.25, -0.2) is 4.39 Å². The Morgan fingerprint density at radius 1 is 1.27 bits per heavy atom. The zero-order chi connectivity index (χ0) is 16.4. The van der Waals surface area contributed by atoms with E-state index in [1.165, 1.54) is 0 Å². The molecule has 1 atom stereocenters. The molecule has 0 aliphatic rings. The monoisotopic (exact) mass is 308 g/mol. The van der Waals surface area contributed by atoms with E-state index in [1.54, 1.807) is 13.8 Å².